The minimum absolute atomic E-state index is 0.263. The number of hydrogen-bond acceptors (Lipinski definition) is 4. The maximum Gasteiger partial charge on any atom is 0.194 e. The molecule has 2 N–H and O–H groups in total. The highest BCUT2D eigenvalue weighted by molar-refractivity contribution is 9.11. The molecule has 0 amide bonds. The quantitative estimate of drug-likeness (QED) is 0.463. The molecule has 0 aliphatic heterocycles. The first-order valence-electron chi connectivity index (χ1n) is 8.62. The zero-order valence-electron chi connectivity index (χ0n) is 15.2. The number of benzene rings is 1. The molecule has 0 aliphatic rings. The molecule has 0 aliphatic carbocycles. The van der Waals surface area contributed by atoms with Gasteiger partial charge in [-0.15, -0.1) is 11.3 Å². The van der Waals surface area contributed by atoms with Gasteiger partial charge in [0, 0.05) is 18.5 Å². The van der Waals surface area contributed by atoms with Crippen molar-refractivity contribution in [2.75, 3.05) is 26.7 Å². The summed E-state index contributed by atoms with van der Waals surface area (Å²) in [4.78, 5) is 7.84. The van der Waals surface area contributed by atoms with Crippen molar-refractivity contribution in [1.29, 1.82) is 0 Å². The Bertz CT molecular complexity index is 678. The van der Waals surface area contributed by atoms with Gasteiger partial charge in [0.15, 0.2) is 5.96 Å². The molecule has 0 saturated heterocycles. The van der Waals surface area contributed by atoms with E-state index in [0.29, 0.717) is 13.2 Å². The lowest BCUT2D eigenvalue weighted by molar-refractivity contribution is 0.0330. The minimum Gasteiger partial charge on any atom is -0.389 e. The van der Waals surface area contributed by atoms with Crippen LogP contribution in [0.3, 0.4) is 0 Å². The summed E-state index contributed by atoms with van der Waals surface area (Å²) in [6.45, 7) is 4.63. The Kier molecular flexibility index (Phi) is 9.11. The van der Waals surface area contributed by atoms with Crippen molar-refractivity contribution < 1.29 is 9.84 Å². The summed E-state index contributed by atoms with van der Waals surface area (Å²) in [6, 6.07) is 14.1. The van der Waals surface area contributed by atoms with Gasteiger partial charge >= 0.3 is 0 Å². The molecule has 5 nitrogen and oxygen atoms in total. The van der Waals surface area contributed by atoms with E-state index in [1.165, 1.54) is 4.88 Å². The lowest BCUT2D eigenvalue weighted by atomic mass is 10.2. The van der Waals surface area contributed by atoms with Gasteiger partial charge in [-0.3, -0.25) is 4.99 Å². The van der Waals surface area contributed by atoms with Gasteiger partial charge in [0.2, 0.25) is 0 Å². The van der Waals surface area contributed by atoms with Crippen molar-refractivity contribution in [3.8, 4) is 0 Å². The minimum atomic E-state index is -0.628. The molecule has 1 aromatic carbocycles. The number of guanidine groups is 1. The average molecular weight is 440 g/mol. The second-order valence-electron chi connectivity index (χ2n) is 5.91. The highest BCUT2D eigenvalue weighted by Gasteiger charge is 2.10. The number of aliphatic hydroxyl groups is 1. The molecule has 1 unspecified atom stereocenters. The van der Waals surface area contributed by atoms with Crippen LogP contribution in [-0.2, 0) is 17.9 Å². The first-order chi connectivity index (χ1) is 12.6. The Hall–Kier alpha value is -1.41. The van der Waals surface area contributed by atoms with Crippen LogP contribution in [0.5, 0.6) is 0 Å². The molecule has 0 spiro atoms. The number of rotatable bonds is 9. The average Bonchev–Trinajstić information content (AvgIpc) is 3.04. The maximum atomic E-state index is 10.1. The van der Waals surface area contributed by atoms with Crippen LogP contribution < -0.4 is 5.32 Å². The highest BCUT2D eigenvalue weighted by atomic mass is 79.9. The topological polar surface area (TPSA) is 57.1 Å². The number of ether oxygens (including phenoxy) is 1. The summed E-state index contributed by atoms with van der Waals surface area (Å²) < 4.78 is 6.70. The first-order valence-corrected chi connectivity index (χ1v) is 10.2. The first kappa shape index (κ1) is 20.9. The van der Waals surface area contributed by atoms with Gasteiger partial charge in [-0.2, -0.15) is 0 Å². The van der Waals surface area contributed by atoms with E-state index in [9.17, 15) is 5.11 Å². The number of nitrogens with one attached hydrogen (secondary N) is 1. The molecule has 0 fully saturated rings. The maximum absolute atomic E-state index is 10.1. The second-order valence-corrected chi connectivity index (χ2v) is 8.46. The molecule has 0 bridgehead atoms. The number of aliphatic imine (C=N–C) groups is 1. The van der Waals surface area contributed by atoms with Crippen LogP contribution in [0, 0.1) is 0 Å². The zero-order chi connectivity index (χ0) is 18.8. The van der Waals surface area contributed by atoms with Crippen LogP contribution in [0.4, 0.5) is 0 Å². The van der Waals surface area contributed by atoms with Crippen LogP contribution >= 0.6 is 27.3 Å². The van der Waals surface area contributed by atoms with Crippen molar-refractivity contribution in [3.05, 3.63) is 56.7 Å². The molecule has 0 radical (unpaired) electrons. The predicted molar refractivity (Wildman–Crippen MR) is 112 cm³/mol. The van der Waals surface area contributed by atoms with Crippen LogP contribution in [0.1, 0.15) is 17.4 Å². The fraction of sp³-hybridized carbons (Fsp3) is 0.421. The number of thiophene rings is 1. The SMILES string of the molecule is CCNC(=NCC(O)COCc1ccccc1)N(C)Cc1ccc(Br)s1. The zero-order valence-corrected chi connectivity index (χ0v) is 17.6. The van der Waals surface area contributed by atoms with E-state index >= 15 is 0 Å². The number of nitrogens with zero attached hydrogens (tertiary/aromatic N) is 2. The molecule has 1 aromatic heterocycles. The summed E-state index contributed by atoms with van der Waals surface area (Å²) in [5.41, 5.74) is 1.10. The van der Waals surface area contributed by atoms with Gasteiger partial charge in [-0.1, -0.05) is 30.3 Å². The third-order valence-corrected chi connectivity index (χ3v) is 5.20. The van der Waals surface area contributed by atoms with Crippen molar-refractivity contribution >= 4 is 33.2 Å². The van der Waals surface area contributed by atoms with Crippen molar-refractivity contribution in [1.82, 2.24) is 10.2 Å². The molecular weight excluding hydrogens is 414 g/mol. The lowest BCUT2D eigenvalue weighted by Gasteiger charge is -2.22. The van der Waals surface area contributed by atoms with Crippen LogP contribution in [0.2, 0.25) is 0 Å². The van der Waals surface area contributed by atoms with Crippen LogP contribution in [-0.4, -0.2) is 48.8 Å². The van der Waals surface area contributed by atoms with Gasteiger partial charge in [-0.25, -0.2) is 0 Å². The van der Waals surface area contributed by atoms with E-state index in [0.717, 1.165) is 28.4 Å². The Morgan fingerprint density at radius 3 is 2.73 bits per heavy atom. The molecule has 1 atom stereocenters. The van der Waals surface area contributed by atoms with E-state index in [4.69, 9.17) is 4.74 Å². The highest BCUT2D eigenvalue weighted by Crippen LogP contribution is 2.22. The van der Waals surface area contributed by atoms with Crippen molar-refractivity contribution in [3.63, 3.8) is 0 Å². The van der Waals surface area contributed by atoms with Gasteiger partial charge in [0.05, 0.1) is 36.2 Å². The standard InChI is InChI=1S/C19H26BrN3O2S/c1-3-21-19(23(2)12-17-9-10-18(20)26-17)22-11-16(24)14-25-13-15-7-5-4-6-8-15/h4-10,16,24H,3,11-14H2,1-2H3,(H,21,22). The summed E-state index contributed by atoms with van der Waals surface area (Å²) in [5.74, 6) is 0.777. The van der Waals surface area contributed by atoms with Gasteiger partial charge < -0.3 is 20.1 Å². The number of hydrogen-bond donors (Lipinski definition) is 2. The Balaban J connectivity index is 1.80. The predicted octanol–water partition coefficient (Wildman–Crippen LogP) is 3.49. The van der Waals surface area contributed by atoms with E-state index < -0.39 is 6.10 Å². The Morgan fingerprint density at radius 1 is 1.31 bits per heavy atom. The summed E-state index contributed by atoms with van der Waals surface area (Å²) in [6.07, 6.45) is -0.628. The fourth-order valence-electron chi connectivity index (χ4n) is 2.35. The number of aliphatic hydroxyl groups excluding tert-OH is 1. The number of halogens is 1. The molecule has 142 valence electrons. The van der Waals surface area contributed by atoms with Crippen LogP contribution in [0.25, 0.3) is 0 Å². The van der Waals surface area contributed by atoms with Gasteiger partial charge in [0.25, 0.3) is 0 Å². The van der Waals surface area contributed by atoms with E-state index in [1.807, 2.05) is 50.4 Å². The van der Waals surface area contributed by atoms with Crippen molar-refractivity contribution in [2.45, 2.75) is 26.2 Å². The molecule has 2 rings (SSSR count). The summed E-state index contributed by atoms with van der Waals surface area (Å²) in [5, 5.41) is 13.4. The fourth-order valence-corrected chi connectivity index (χ4v) is 3.88. The monoisotopic (exact) mass is 439 g/mol. The second kappa shape index (κ2) is 11.3. The lowest BCUT2D eigenvalue weighted by Crippen LogP contribution is -2.39. The molecule has 1 heterocycles. The van der Waals surface area contributed by atoms with E-state index in [-0.39, 0.29) is 6.61 Å². The van der Waals surface area contributed by atoms with Gasteiger partial charge in [0.1, 0.15) is 0 Å². The Morgan fingerprint density at radius 2 is 2.08 bits per heavy atom. The van der Waals surface area contributed by atoms with Gasteiger partial charge in [-0.05, 0) is 40.5 Å². The normalized spacial score (nSPS) is 12.8. The van der Waals surface area contributed by atoms with E-state index in [1.54, 1.807) is 11.3 Å². The van der Waals surface area contributed by atoms with E-state index in [2.05, 4.69) is 37.2 Å². The molecule has 0 saturated carbocycles. The molecule has 7 heteroatoms. The largest absolute Gasteiger partial charge is 0.389 e. The molecule has 26 heavy (non-hydrogen) atoms. The summed E-state index contributed by atoms with van der Waals surface area (Å²) >= 11 is 5.20. The Labute approximate surface area is 167 Å². The third-order valence-electron chi connectivity index (χ3n) is 3.59. The van der Waals surface area contributed by atoms with Crippen molar-refractivity contribution in [2.24, 2.45) is 4.99 Å². The molecular formula is C19H26BrN3O2S. The van der Waals surface area contributed by atoms with Crippen LogP contribution in [0.15, 0.2) is 51.2 Å². The molecule has 2 aromatic rings. The smallest absolute Gasteiger partial charge is 0.194 e. The third kappa shape index (κ3) is 7.45. The summed E-state index contributed by atoms with van der Waals surface area (Å²) in [7, 11) is 1.99.